The van der Waals surface area contributed by atoms with Crippen molar-refractivity contribution in [1.82, 2.24) is 0 Å². The van der Waals surface area contributed by atoms with E-state index in [1.165, 1.54) is 14.0 Å². The van der Waals surface area contributed by atoms with E-state index in [1.54, 1.807) is 6.92 Å². The van der Waals surface area contributed by atoms with Crippen LogP contribution in [-0.2, 0) is 19.1 Å². The Balaban J connectivity index is 2.07. The van der Waals surface area contributed by atoms with Gasteiger partial charge in [0.05, 0.1) is 25.6 Å². The fourth-order valence-electron chi connectivity index (χ4n) is 2.66. The summed E-state index contributed by atoms with van der Waals surface area (Å²) in [5, 5.41) is 12.2. The summed E-state index contributed by atoms with van der Waals surface area (Å²) in [5.41, 5.74) is -0.600. The number of methoxy groups -OCH3 is 1. The van der Waals surface area contributed by atoms with Gasteiger partial charge in [-0.1, -0.05) is 42.5 Å². The summed E-state index contributed by atoms with van der Waals surface area (Å²) >= 11 is 0. The van der Waals surface area contributed by atoms with Crippen molar-refractivity contribution in [2.24, 2.45) is 0 Å². The first-order valence-electron chi connectivity index (χ1n) is 7.79. The number of aliphatic hydroxyl groups is 1. The molecule has 0 spiro atoms. The fourth-order valence-corrected chi connectivity index (χ4v) is 2.66. The third-order valence-corrected chi connectivity index (χ3v) is 3.85. The van der Waals surface area contributed by atoms with Gasteiger partial charge in [-0.15, -0.1) is 0 Å². The zero-order valence-corrected chi connectivity index (χ0v) is 14.1. The largest absolute Gasteiger partial charge is 0.469 e. The maximum Gasteiger partial charge on any atom is 0.309 e. The van der Waals surface area contributed by atoms with Crippen molar-refractivity contribution in [1.29, 1.82) is 0 Å². The number of hydrogen-bond donors (Lipinski definition) is 1. The number of fused-ring (bicyclic) bond motifs is 1. The van der Waals surface area contributed by atoms with Gasteiger partial charge in [-0.25, -0.2) is 0 Å². The molecule has 0 fully saturated rings. The van der Waals surface area contributed by atoms with E-state index in [0.717, 1.165) is 16.3 Å². The molecule has 2 atom stereocenters. The third kappa shape index (κ3) is 4.55. The summed E-state index contributed by atoms with van der Waals surface area (Å²) in [4.78, 5) is 23.4. The Morgan fingerprint density at radius 3 is 2.42 bits per heavy atom. The average molecular weight is 330 g/mol. The molecule has 0 bridgehead atoms. The molecule has 0 heterocycles. The number of ether oxygens (including phenoxy) is 2. The first-order valence-corrected chi connectivity index (χ1v) is 7.79. The molecule has 2 rings (SSSR count). The Morgan fingerprint density at radius 2 is 1.71 bits per heavy atom. The number of carbonyl (C=O) groups excluding carboxylic acids is 2. The molecule has 0 aromatic heterocycles. The van der Waals surface area contributed by atoms with Gasteiger partial charge >= 0.3 is 11.9 Å². The van der Waals surface area contributed by atoms with Gasteiger partial charge in [0.1, 0.15) is 6.10 Å². The zero-order valence-electron chi connectivity index (χ0n) is 14.1. The molecule has 0 amide bonds. The second kappa shape index (κ2) is 7.45. The van der Waals surface area contributed by atoms with Gasteiger partial charge in [0.2, 0.25) is 0 Å². The van der Waals surface area contributed by atoms with Gasteiger partial charge in [-0.2, -0.15) is 0 Å². The molecule has 1 N–H and O–H groups in total. The highest BCUT2D eigenvalue weighted by Crippen LogP contribution is 2.27. The normalized spacial score (nSPS) is 14.7. The summed E-state index contributed by atoms with van der Waals surface area (Å²) in [6, 6.07) is 13.7. The van der Waals surface area contributed by atoms with Crippen molar-refractivity contribution < 1.29 is 24.2 Å². The number of esters is 2. The number of benzene rings is 2. The Hall–Kier alpha value is -2.40. The lowest BCUT2D eigenvalue weighted by molar-refractivity contribution is -0.156. The minimum atomic E-state index is -1.50. The monoisotopic (exact) mass is 330 g/mol. The second-order valence-corrected chi connectivity index (χ2v) is 6.13. The zero-order chi connectivity index (χ0) is 17.7. The molecule has 0 aliphatic rings. The molecule has 2 aromatic carbocycles. The SMILES string of the molecule is COC(=O)C[C@](C)(O)CC(=O)O[C@H](C)c1cccc2ccccc12. The topological polar surface area (TPSA) is 72.8 Å². The van der Waals surface area contributed by atoms with Gasteiger partial charge in [0.25, 0.3) is 0 Å². The molecule has 24 heavy (non-hydrogen) atoms. The van der Waals surface area contributed by atoms with Crippen LogP contribution in [0.4, 0.5) is 0 Å². The average Bonchev–Trinajstić information content (AvgIpc) is 2.52. The van der Waals surface area contributed by atoms with Gasteiger partial charge in [0.15, 0.2) is 0 Å². The molecular weight excluding hydrogens is 308 g/mol. The van der Waals surface area contributed by atoms with E-state index < -0.39 is 23.6 Å². The maximum atomic E-state index is 12.1. The van der Waals surface area contributed by atoms with Crippen molar-refractivity contribution in [3.8, 4) is 0 Å². The molecular formula is C19H22O5. The summed E-state index contributed by atoms with van der Waals surface area (Å²) in [6.45, 7) is 3.20. The highest BCUT2D eigenvalue weighted by Gasteiger charge is 2.30. The van der Waals surface area contributed by atoms with Crippen LogP contribution in [0.25, 0.3) is 10.8 Å². The highest BCUT2D eigenvalue weighted by molar-refractivity contribution is 5.86. The first-order chi connectivity index (χ1) is 11.3. The van der Waals surface area contributed by atoms with Gasteiger partial charge in [-0.05, 0) is 30.2 Å². The van der Waals surface area contributed by atoms with E-state index in [4.69, 9.17) is 4.74 Å². The molecule has 2 aromatic rings. The van der Waals surface area contributed by atoms with Crippen molar-refractivity contribution in [2.75, 3.05) is 7.11 Å². The van der Waals surface area contributed by atoms with E-state index >= 15 is 0 Å². The van der Waals surface area contributed by atoms with E-state index in [0.29, 0.717) is 0 Å². The van der Waals surface area contributed by atoms with Crippen molar-refractivity contribution in [2.45, 2.75) is 38.4 Å². The lowest BCUT2D eigenvalue weighted by Gasteiger charge is -2.22. The molecule has 0 aliphatic carbocycles. The van der Waals surface area contributed by atoms with Crippen LogP contribution in [0.1, 0.15) is 38.4 Å². The predicted octanol–water partition coefficient (Wildman–Crippen LogP) is 3.15. The Morgan fingerprint density at radius 1 is 1.08 bits per heavy atom. The summed E-state index contributed by atoms with van der Waals surface area (Å²) < 4.78 is 9.96. The van der Waals surface area contributed by atoms with Gasteiger partial charge in [-0.3, -0.25) is 9.59 Å². The number of hydrogen-bond acceptors (Lipinski definition) is 5. The van der Waals surface area contributed by atoms with Crippen LogP contribution in [0.3, 0.4) is 0 Å². The Kier molecular flexibility index (Phi) is 5.57. The van der Waals surface area contributed by atoms with E-state index in [9.17, 15) is 14.7 Å². The molecule has 0 radical (unpaired) electrons. The molecule has 5 nitrogen and oxygen atoms in total. The van der Waals surface area contributed by atoms with Crippen LogP contribution < -0.4 is 0 Å². The molecule has 0 unspecified atom stereocenters. The molecule has 0 aliphatic heterocycles. The van der Waals surface area contributed by atoms with E-state index in [-0.39, 0.29) is 12.8 Å². The summed E-state index contributed by atoms with van der Waals surface area (Å²) in [7, 11) is 1.24. The highest BCUT2D eigenvalue weighted by atomic mass is 16.5. The van der Waals surface area contributed by atoms with Crippen molar-refractivity contribution >= 4 is 22.7 Å². The lowest BCUT2D eigenvalue weighted by atomic mass is 9.98. The van der Waals surface area contributed by atoms with Crippen LogP contribution in [0, 0.1) is 0 Å². The molecule has 0 saturated heterocycles. The third-order valence-electron chi connectivity index (χ3n) is 3.85. The van der Waals surface area contributed by atoms with Gasteiger partial charge < -0.3 is 14.6 Å². The van der Waals surface area contributed by atoms with Crippen LogP contribution in [0.2, 0.25) is 0 Å². The number of rotatable bonds is 6. The first kappa shape index (κ1) is 17.9. The van der Waals surface area contributed by atoms with Gasteiger partial charge in [0, 0.05) is 0 Å². The smallest absolute Gasteiger partial charge is 0.309 e. The predicted molar refractivity (Wildman–Crippen MR) is 90.3 cm³/mol. The lowest BCUT2D eigenvalue weighted by Crippen LogP contribution is -2.32. The van der Waals surface area contributed by atoms with Crippen LogP contribution in [0.5, 0.6) is 0 Å². The second-order valence-electron chi connectivity index (χ2n) is 6.13. The van der Waals surface area contributed by atoms with Crippen LogP contribution in [0.15, 0.2) is 42.5 Å². The van der Waals surface area contributed by atoms with Crippen molar-refractivity contribution in [3.05, 3.63) is 48.0 Å². The Bertz CT molecular complexity index is 730. The van der Waals surface area contributed by atoms with E-state index in [2.05, 4.69) is 4.74 Å². The van der Waals surface area contributed by atoms with Crippen LogP contribution >= 0.6 is 0 Å². The van der Waals surface area contributed by atoms with E-state index in [1.807, 2.05) is 42.5 Å². The minimum Gasteiger partial charge on any atom is -0.469 e. The molecule has 5 heteroatoms. The maximum absolute atomic E-state index is 12.1. The Labute approximate surface area is 141 Å². The quantitative estimate of drug-likeness (QED) is 0.824. The number of carbonyl (C=O) groups is 2. The standard InChI is InChI=1S/C19H22O5/c1-13(15-10-6-8-14-7-4-5-9-16(14)15)24-18(21)12-19(2,22)11-17(20)23-3/h4-10,13,22H,11-12H2,1-3H3/t13-,19+/m1/s1. The van der Waals surface area contributed by atoms with Crippen LogP contribution in [-0.4, -0.2) is 29.8 Å². The summed E-state index contributed by atoms with van der Waals surface area (Å²) in [6.07, 6.45) is -1.00. The molecule has 128 valence electrons. The summed E-state index contributed by atoms with van der Waals surface area (Å²) in [5.74, 6) is -1.14. The molecule has 0 saturated carbocycles. The fraction of sp³-hybridized carbons (Fsp3) is 0.368. The minimum absolute atomic E-state index is 0.263. The van der Waals surface area contributed by atoms with Crippen molar-refractivity contribution in [3.63, 3.8) is 0 Å².